The van der Waals surface area contributed by atoms with Crippen molar-refractivity contribution in [2.45, 2.75) is 109 Å². The molecule has 6 unspecified atom stereocenters. The average molecular weight is 1250 g/mol. The van der Waals surface area contributed by atoms with Crippen LogP contribution < -0.4 is 28.4 Å². The fourth-order valence-corrected chi connectivity index (χ4v) is 12.8. The van der Waals surface area contributed by atoms with Crippen molar-refractivity contribution in [3.63, 3.8) is 0 Å². The molecule has 0 spiro atoms. The molecule has 5 aliphatic heterocycles. The second kappa shape index (κ2) is 28.8. The van der Waals surface area contributed by atoms with Crippen LogP contribution in [0.3, 0.4) is 0 Å². The zero-order chi connectivity index (χ0) is 63.5. The van der Waals surface area contributed by atoms with E-state index in [-0.39, 0.29) is 59.4 Å². The van der Waals surface area contributed by atoms with E-state index in [1.165, 1.54) is 41.6 Å². The van der Waals surface area contributed by atoms with Gasteiger partial charge in [-0.1, -0.05) is 73.7 Å². The normalized spacial score (nSPS) is 18.7. The summed E-state index contributed by atoms with van der Waals surface area (Å²) in [7, 11) is 1.45. The summed E-state index contributed by atoms with van der Waals surface area (Å²) in [6.07, 6.45) is 10.4. The number of phenolic OH excluding ortho intramolecular Hbond substituents is 5. The standard InChI is InChI=1S/C17H18O2.C16H15FO3.C16H16O2.C14H12FNO2.C13H12O2S/c1-11-5-3-4-6-14(11)16-8-7-13-10-15(18)12(2)9-17(13)19-16;1-19-15-4-2-3-12(16(15)17)14-7-5-10-9-11(18)6-8-13(10)20-14;1-11-9-13-10-14(17)7-8-15(13)18-16(11)12-5-3-2-4-6-12;15-11-5-10(7-16-8-11)14-3-1-9-6-12(17)2-4-13(9)18-14;14-11-2-4-12-9(7-11)1-3-13(15-12)10-5-6-16-8-10/h3-6,9-10,16,18H,7-8H2,1-2H3;2-4,6,8-9,14,18H,5,7H2,1H3;2-8,10-11,16-17H,9H2,1H3;2,4-8,14,17H,1,3H2;2,4-8,13-14H,1,3H2. The molecule has 5 aliphatic rings. The summed E-state index contributed by atoms with van der Waals surface area (Å²) in [6.45, 7) is 6.21. The average Bonchev–Trinajstić information content (AvgIpc) is 1.30. The number of aryl methyl sites for hydroxylation is 6. The monoisotopic (exact) mass is 1250 g/mol. The quantitative estimate of drug-likeness (QED) is 0.107. The second-order valence-corrected chi connectivity index (χ2v) is 24.1. The van der Waals surface area contributed by atoms with Gasteiger partial charge in [-0.2, -0.15) is 11.3 Å². The lowest BCUT2D eigenvalue weighted by atomic mass is 9.88. The lowest BCUT2D eigenvalue weighted by Crippen LogP contribution is -2.23. The molecule has 8 aromatic carbocycles. The van der Waals surface area contributed by atoms with E-state index in [0.717, 1.165) is 113 Å². The Kier molecular flexibility index (Phi) is 19.9. The minimum atomic E-state index is -0.373. The van der Waals surface area contributed by atoms with Crippen LogP contribution in [0.4, 0.5) is 8.78 Å². The number of halogens is 2. The van der Waals surface area contributed by atoms with Crippen molar-refractivity contribution >= 4 is 11.3 Å². The van der Waals surface area contributed by atoms with E-state index in [1.807, 2.05) is 49.4 Å². The molecular weight excluding hydrogens is 1170 g/mol. The molecule has 15 rings (SSSR count). The Labute approximate surface area is 533 Å². The maximum atomic E-state index is 14.3. The Bertz CT molecular complexity index is 4110. The van der Waals surface area contributed by atoms with Crippen LogP contribution in [0.5, 0.6) is 63.2 Å². The second-order valence-electron chi connectivity index (χ2n) is 23.3. The van der Waals surface area contributed by atoms with Crippen LogP contribution in [0.2, 0.25) is 0 Å². The van der Waals surface area contributed by atoms with Crippen molar-refractivity contribution in [2.75, 3.05) is 7.11 Å². The summed E-state index contributed by atoms with van der Waals surface area (Å²) in [5.74, 6) is 5.49. The van der Waals surface area contributed by atoms with Gasteiger partial charge in [0.05, 0.1) is 13.3 Å². The first kappa shape index (κ1) is 62.9. The number of phenols is 5. The summed E-state index contributed by atoms with van der Waals surface area (Å²) < 4.78 is 62.2. The van der Waals surface area contributed by atoms with Crippen LogP contribution in [-0.2, 0) is 32.1 Å². The number of nitrogens with zero attached hydrogens (tertiary/aromatic N) is 1. The minimum Gasteiger partial charge on any atom is -0.508 e. The van der Waals surface area contributed by atoms with Crippen LogP contribution in [0, 0.1) is 31.4 Å². The number of fused-ring (bicyclic) bond motifs is 5. The molecule has 0 fully saturated rings. The molecule has 12 nitrogen and oxygen atoms in total. The van der Waals surface area contributed by atoms with Crippen molar-refractivity contribution in [2.24, 2.45) is 5.92 Å². The molecule has 0 saturated carbocycles. The number of thiophene rings is 1. The molecule has 10 aromatic rings. The minimum absolute atomic E-state index is 0.100. The third kappa shape index (κ3) is 15.5. The molecule has 468 valence electrons. The van der Waals surface area contributed by atoms with Crippen LogP contribution >= 0.6 is 11.3 Å². The molecule has 5 N–H and O–H groups in total. The topological polar surface area (TPSA) is 169 Å². The first-order chi connectivity index (χ1) is 44.1. The van der Waals surface area contributed by atoms with Gasteiger partial charge in [-0.3, -0.25) is 4.98 Å². The molecule has 2 aromatic heterocycles. The Morgan fingerprint density at radius 3 is 1.54 bits per heavy atom. The number of aromatic nitrogens is 1. The van der Waals surface area contributed by atoms with E-state index in [4.69, 9.17) is 28.4 Å². The van der Waals surface area contributed by atoms with Crippen LogP contribution in [0.15, 0.2) is 193 Å². The van der Waals surface area contributed by atoms with Crippen LogP contribution in [-0.4, -0.2) is 37.6 Å². The molecular formula is C76H73F2NO11S. The first-order valence-electron chi connectivity index (χ1n) is 30.6. The van der Waals surface area contributed by atoms with Gasteiger partial charge in [0.25, 0.3) is 0 Å². The van der Waals surface area contributed by atoms with Crippen LogP contribution in [0.25, 0.3) is 0 Å². The third-order valence-corrected chi connectivity index (χ3v) is 17.6. The summed E-state index contributed by atoms with van der Waals surface area (Å²) in [4.78, 5) is 3.83. The highest BCUT2D eigenvalue weighted by molar-refractivity contribution is 7.08. The van der Waals surface area contributed by atoms with Gasteiger partial charge in [-0.25, -0.2) is 8.78 Å². The van der Waals surface area contributed by atoms with Gasteiger partial charge in [0.2, 0.25) is 0 Å². The highest BCUT2D eigenvalue weighted by Crippen LogP contribution is 2.43. The van der Waals surface area contributed by atoms with E-state index in [1.54, 1.807) is 96.4 Å². The Balaban J connectivity index is 0.000000117. The van der Waals surface area contributed by atoms with Gasteiger partial charge in [0.15, 0.2) is 11.6 Å². The molecule has 0 amide bonds. The number of aromatic hydroxyl groups is 5. The highest BCUT2D eigenvalue weighted by Gasteiger charge is 2.30. The highest BCUT2D eigenvalue weighted by atomic mass is 32.1. The predicted molar refractivity (Wildman–Crippen MR) is 347 cm³/mol. The third-order valence-electron chi connectivity index (χ3n) is 16.9. The van der Waals surface area contributed by atoms with E-state index in [0.29, 0.717) is 40.9 Å². The fourth-order valence-electron chi connectivity index (χ4n) is 12.1. The van der Waals surface area contributed by atoms with Gasteiger partial charge in [0, 0.05) is 28.8 Å². The van der Waals surface area contributed by atoms with E-state index in [9.17, 15) is 34.3 Å². The number of pyridine rings is 1. The zero-order valence-corrected chi connectivity index (χ0v) is 51.9. The molecule has 0 bridgehead atoms. The number of hydrogen-bond donors (Lipinski definition) is 5. The number of methoxy groups -OCH3 is 1. The summed E-state index contributed by atoms with van der Waals surface area (Å²) in [5.41, 5.74) is 12.3. The van der Waals surface area contributed by atoms with Gasteiger partial charge in [-0.05, 0) is 236 Å². The number of hydrogen-bond acceptors (Lipinski definition) is 13. The summed E-state index contributed by atoms with van der Waals surface area (Å²) >= 11 is 1.70. The molecule has 91 heavy (non-hydrogen) atoms. The van der Waals surface area contributed by atoms with Crippen molar-refractivity contribution in [1.29, 1.82) is 0 Å². The zero-order valence-electron chi connectivity index (χ0n) is 51.1. The Morgan fingerprint density at radius 2 is 0.967 bits per heavy atom. The van der Waals surface area contributed by atoms with Crippen LogP contribution in [0.1, 0.15) is 130 Å². The van der Waals surface area contributed by atoms with E-state index >= 15 is 0 Å². The van der Waals surface area contributed by atoms with Crippen molar-refractivity contribution in [3.8, 4) is 63.2 Å². The van der Waals surface area contributed by atoms with Crippen molar-refractivity contribution < 1.29 is 62.7 Å². The van der Waals surface area contributed by atoms with Crippen molar-refractivity contribution in [1.82, 2.24) is 4.98 Å². The van der Waals surface area contributed by atoms with Gasteiger partial charge >= 0.3 is 0 Å². The largest absolute Gasteiger partial charge is 0.508 e. The molecule has 0 radical (unpaired) electrons. The number of rotatable bonds is 6. The lowest BCUT2D eigenvalue weighted by molar-refractivity contribution is 0.123. The van der Waals surface area contributed by atoms with E-state index < -0.39 is 0 Å². The Hall–Kier alpha value is -9.73. The molecule has 6 atom stereocenters. The lowest BCUT2D eigenvalue weighted by Gasteiger charge is -2.32. The van der Waals surface area contributed by atoms with Gasteiger partial charge in [-0.15, -0.1) is 0 Å². The van der Waals surface area contributed by atoms with Gasteiger partial charge in [0.1, 0.15) is 93.8 Å². The number of ether oxygens (including phenoxy) is 6. The predicted octanol–water partition coefficient (Wildman–Crippen LogP) is 17.9. The maximum absolute atomic E-state index is 14.3. The van der Waals surface area contributed by atoms with E-state index in [2.05, 4.69) is 72.1 Å². The Morgan fingerprint density at radius 1 is 0.462 bits per heavy atom. The number of benzene rings is 8. The fraction of sp³-hybridized carbons (Fsp3) is 0.250. The molecule has 0 aliphatic carbocycles. The van der Waals surface area contributed by atoms with Gasteiger partial charge < -0.3 is 54.0 Å². The molecule has 7 heterocycles. The SMILES string of the molecule is CC1Cc2cc(O)ccc2OC1c1ccccc1.COc1cccc(C2CCc3cc(O)ccc3O2)c1F.Cc1cc2c(cc1O)CCC(c1ccccc1C)O2.Oc1ccc2c(c1)CCC(c1ccsc1)O2.Oc1ccc2c(c1)CCC(c1cncc(F)c1)O2. The maximum Gasteiger partial charge on any atom is 0.171 e. The first-order valence-corrected chi connectivity index (χ1v) is 31.6. The summed E-state index contributed by atoms with van der Waals surface area (Å²) in [6, 6.07) is 51.7. The van der Waals surface area contributed by atoms with Crippen molar-refractivity contribution in [3.05, 3.63) is 271 Å². The molecule has 15 heteroatoms. The smallest absolute Gasteiger partial charge is 0.171 e. The summed E-state index contributed by atoms with van der Waals surface area (Å²) in [5, 5.41) is 51.7. The molecule has 0 saturated heterocycles.